The Kier molecular flexibility index (Phi) is 5.77. The number of hydrogen-bond acceptors (Lipinski definition) is 2. The molecule has 24 heavy (non-hydrogen) atoms. The van der Waals surface area contributed by atoms with E-state index in [2.05, 4.69) is 59.8 Å². The third-order valence-corrected chi connectivity index (χ3v) is 5.52. The van der Waals surface area contributed by atoms with Gasteiger partial charge in [0.05, 0.1) is 6.54 Å². The second-order valence-corrected chi connectivity index (χ2v) is 7.47. The van der Waals surface area contributed by atoms with Gasteiger partial charge in [0, 0.05) is 18.5 Å². The highest BCUT2D eigenvalue weighted by Gasteiger charge is 2.43. The van der Waals surface area contributed by atoms with Crippen LogP contribution in [0.3, 0.4) is 0 Å². The molecular weight excluding hydrogens is 296 g/mol. The van der Waals surface area contributed by atoms with Crippen molar-refractivity contribution in [2.75, 3.05) is 39.8 Å². The van der Waals surface area contributed by atoms with Crippen LogP contribution in [-0.2, 0) is 5.41 Å². The van der Waals surface area contributed by atoms with Crippen LogP contribution in [0.5, 0.6) is 0 Å². The Morgan fingerprint density at radius 3 is 2.50 bits per heavy atom. The van der Waals surface area contributed by atoms with Crippen LogP contribution in [0, 0.1) is 5.92 Å². The lowest BCUT2D eigenvalue weighted by Gasteiger charge is -2.29. The van der Waals surface area contributed by atoms with E-state index in [1.165, 1.54) is 44.3 Å². The normalized spacial score (nSPS) is 21.5. The molecule has 0 amide bonds. The van der Waals surface area contributed by atoms with Gasteiger partial charge in [0.25, 0.3) is 0 Å². The van der Waals surface area contributed by atoms with E-state index in [0.29, 0.717) is 0 Å². The summed E-state index contributed by atoms with van der Waals surface area (Å²) >= 11 is 0. The van der Waals surface area contributed by atoms with Gasteiger partial charge in [-0.1, -0.05) is 30.3 Å². The molecule has 4 heteroatoms. The number of benzene rings is 1. The standard InChI is InChI=1S/C20H32N4/c1-3-21-19(22-15-17-9-13-24(2)14-10-17)23-16-20(11-12-20)18-7-5-4-6-8-18/h4-8,17H,3,9-16H2,1-2H3,(H2,21,22,23). The largest absolute Gasteiger partial charge is 0.357 e. The third-order valence-electron chi connectivity index (χ3n) is 5.52. The zero-order chi connectivity index (χ0) is 16.8. The van der Waals surface area contributed by atoms with E-state index < -0.39 is 0 Å². The Balaban J connectivity index is 1.54. The molecule has 1 aliphatic carbocycles. The van der Waals surface area contributed by atoms with Crippen molar-refractivity contribution in [1.82, 2.24) is 15.5 Å². The van der Waals surface area contributed by atoms with Crippen LogP contribution < -0.4 is 10.6 Å². The SMILES string of the molecule is CCNC(=NCC1(c2ccccc2)CC1)NCC1CCN(C)CC1. The molecule has 1 heterocycles. The first kappa shape index (κ1) is 17.3. The highest BCUT2D eigenvalue weighted by molar-refractivity contribution is 5.79. The summed E-state index contributed by atoms with van der Waals surface area (Å²) in [4.78, 5) is 7.33. The molecule has 1 aliphatic heterocycles. The van der Waals surface area contributed by atoms with Crippen molar-refractivity contribution >= 4 is 5.96 Å². The van der Waals surface area contributed by atoms with E-state index >= 15 is 0 Å². The Morgan fingerprint density at radius 1 is 1.17 bits per heavy atom. The van der Waals surface area contributed by atoms with E-state index in [-0.39, 0.29) is 5.41 Å². The molecule has 2 aliphatic rings. The molecule has 0 unspecified atom stereocenters. The smallest absolute Gasteiger partial charge is 0.191 e. The van der Waals surface area contributed by atoms with E-state index in [1.54, 1.807) is 0 Å². The highest BCUT2D eigenvalue weighted by atomic mass is 15.2. The lowest BCUT2D eigenvalue weighted by Crippen LogP contribution is -2.42. The number of nitrogens with zero attached hydrogens (tertiary/aromatic N) is 2. The van der Waals surface area contributed by atoms with Gasteiger partial charge in [0.2, 0.25) is 0 Å². The fraction of sp³-hybridized carbons (Fsp3) is 0.650. The van der Waals surface area contributed by atoms with Crippen LogP contribution in [0.25, 0.3) is 0 Å². The van der Waals surface area contributed by atoms with Gasteiger partial charge in [0.1, 0.15) is 0 Å². The fourth-order valence-corrected chi connectivity index (χ4v) is 3.56. The van der Waals surface area contributed by atoms with Crippen molar-refractivity contribution in [1.29, 1.82) is 0 Å². The molecule has 2 fully saturated rings. The summed E-state index contributed by atoms with van der Waals surface area (Å²) in [6.45, 7) is 7.42. The molecular formula is C20H32N4. The Hall–Kier alpha value is -1.55. The van der Waals surface area contributed by atoms with Crippen molar-refractivity contribution in [2.45, 2.75) is 38.0 Å². The predicted octanol–water partition coefficient (Wildman–Crippen LogP) is 2.62. The minimum atomic E-state index is 0.289. The number of likely N-dealkylation sites (tertiary alicyclic amines) is 1. The second-order valence-electron chi connectivity index (χ2n) is 7.47. The molecule has 0 spiro atoms. The van der Waals surface area contributed by atoms with Gasteiger partial charge in [-0.25, -0.2) is 0 Å². The topological polar surface area (TPSA) is 39.7 Å². The molecule has 1 aromatic carbocycles. The molecule has 4 nitrogen and oxygen atoms in total. The Morgan fingerprint density at radius 2 is 1.88 bits per heavy atom. The number of hydrogen-bond donors (Lipinski definition) is 2. The van der Waals surface area contributed by atoms with Crippen LogP contribution in [0.2, 0.25) is 0 Å². The summed E-state index contributed by atoms with van der Waals surface area (Å²) in [5.41, 5.74) is 1.73. The van der Waals surface area contributed by atoms with Crippen LogP contribution in [-0.4, -0.2) is 50.6 Å². The minimum absolute atomic E-state index is 0.289. The zero-order valence-electron chi connectivity index (χ0n) is 15.2. The highest BCUT2D eigenvalue weighted by Crippen LogP contribution is 2.48. The summed E-state index contributed by atoms with van der Waals surface area (Å²) < 4.78 is 0. The van der Waals surface area contributed by atoms with E-state index in [4.69, 9.17) is 4.99 Å². The molecule has 2 N–H and O–H groups in total. The summed E-state index contributed by atoms with van der Waals surface area (Å²) in [5, 5.41) is 6.99. The van der Waals surface area contributed by atoms with Gasteiger partial charge in [-0.05, 0) is 64.2 Å². The molecule has 0 radical (unpaired) electrons. The maximum absolute atomic E-state index is 4.91. The first-order valence-corrected chi connectivity index (χ1v) is 9.48. The summed E-state index contributed by atoms with van der Waals surface area (Å²) in [7, 11) is 2.22. The van der Waals surface area contributed by atoms with Gasteiger partial charge in [-0.2, -0.15) is 0 Å². The second kappa shape index (κ2) is 8.02. The first-order valence-electron chi connectivity index (χ1n) is 9.48. The van der Waals surface area contributed by atoms with Gasteiger partial charge in [-0.3, -0.25) is 4.99 Å². The molecule has 1 saturated heterocycles. The van der Waals surface area contributed by atoms with E-state index in [0.717, 1.165) is 31.5 Å². The molecule has 3 rings (SSSR count). The van der Waals surface area contributed by atoms with Crippen molar-refractivity contribution in [2.24, 2.45) is 10.9 Å². The predicted molar refractivity (Wildman–Crippen MR) is 102 cm³/mol. The molecule has 0 bridgehead atoms. The van der Waals surface area contributed by atoms with Gasteiger partial charge in [-0.15, -0.1) is 0 Å². The third kappa shape index (κ3) is 4.50. The van der Waals surface area contributed by atoms with Crippen molar-refractivity contribution in [3.05, 3.63) is 35.9 Å². The fourth-order valence-electron chi connectivity index (χ4n) is 3.56. The molecule has 0 atom stereocenters. The van der Waals surface area contributed by atoms with Crippen molar-refractivity contribution in [3.63, 3.8) is 0 Å². The minimum Gasteiger partial charge on any atom is -0.357 e. The Labute approximate surface area is 146 Å². The number of aliphatic imine (C=N–C) groups is 1. The molecule has 0 aromatic heterocycles. The van der Waals surface area contributed by atoms with Crippen LogP contribution in [0.1, 0.15) is 38.2 Å². The first-order chi connectivity index (χ1) is 11.7. The maximum atomic E-state index is 4.91. The Bertz CT molecular complexity index is 528. The van der Waals surface area contributed by atoms with E-state index in [1.807, 2.05) is 0 Å². The average molecular weight is 329 g/mol. The molecule has 1 saturated carbocycles. The van der Waals surface area contributed by atoms with E-state index in [9.17, 15) is 0 Å². The lowest BCUT2D eigenvalue weighted by molar-refractivity contribution is 0.220. The number of guanidine groups is 1. The summed E-state index contributed by atoms with van der Waals surface area (Å²) in [6.07, 6.45) is 5.09. The summed E-state index contributed by atoms with van der Waals surface area (Å²) in [5.74, 6) is 1.76. The van der Waals surface area contributed by atoms with Gasteiger partial charge < -0.3 is 15.5 Å². The number of rotatable bonds is 6. The quantitative estimate of drug-likeness (QED) is 0.623. The number of piperidine rings is 1. The van der Waals surface area contributed by atoms with Crippen LogP contribution in [0.15, 0.2) is 35.3 Å². The maximum Gasteiger partial charge on any atom is 0.191 e. The zero-order valence-corrected chi connectivity index (χ0v) is 15.2. The monoisotopic (exact) mass is 328 g/mol. The number of nitrogens with one attached hydrogen (secondary N) is 2. The lowest BCUT2D eigenvalue weighted by atomic mass is 9.96. The van der Waals surface area contributed by atoms with Crippen molar-refractivity contribution < 1.29 is 0 Å². The molecule has 132 valence electrons. The van der Waals surface area contributed by atoms with Gasteiger partial charge >= 0.3 is 0 Å². The molecule has 1 aromatic rings. The summed E-state index contributed by atoms with van der Waals surface area (Å²) in [6, 6.07) is 10.9. The average Bonchev–Trinajstić information content (AvgIpc) is 3.41. The van der Waals surface area contributed by atoms with Crippen LogP contribution in [0.4, 0.5) is 0 Å². The van der Waals surface area contributed by atoms with Gasteiger partial charge in [0.15, 0.2) is 5.96 Å². The van der Waals surface area contributed by atoms with Crippen molar-refractivity contribution in [3.8, 4) is 0 Å². The van der Waals surface area contributed by atoms with Crippen LogP contribution >= 0.6 is 0 Å².